The van der Waals surface area contributed by atoms with Crippen molar-refractivity contribution in [3.8, 4) is 11.5 Å². The van der Waals surface area contributed by atoms with Gasteiger partial charge in [-0.2, -0.15) is 0 Å². The summed E-state index contributed by atoms with van der Waals surface area (Å²) in [5.41, 5.74) is 10.7. The zero-order valence-corrected chi connectivity index (χ0v) is 16.8. The second-order valence-electron chi connectivity index (χ2n) is 8.12. The van der Waals surface area contributed by atoms with Crippen LogP contribution in [0.1, 0.15) is 35.4 Å². The van der Waals surface area contributed by atoms with Crippen molar-refractivity contribution in [1.82, 2.24) is 15.8 Å². The molecular formula is C23H31N3O2. The van der Waals surface area contributed by atoms with Gasteiger partial charge in [0.25, 0.3) is 0 Å². The number of aromatic hydroxyl groups is 1. The molecule has 0 spiro atoms. The minimum absolute atomic E-state index is 0.269. The fourth-order valence-electron chi connectivity index (χ4n) is 4.90. The van der Waals surface area contributed by atoms with E-state index < -0.39 is 0 Å². The lowest BCUT2D eigenvalue weighted by Gasteiger charge is -2.37. The van der Waals surface area contributed by atoms with Gasteiger partial charge in [0.15, 0.2) is 11.5 Å². The first-order valence-electron chi connectivity index (χ1n) is 10.3. The van der Waals surface area contributed by atoms with E-state index in [0.717, 1.165) is 31.7 Å². The molecule has 2 aliphatic rings. The zero-order chi connectivity index (χ0) is 19.5. The van der Waals surface area contributed by atoms with Gasteiger partial charge in [-0.05, 0) is 49.4 Å². The Labute approximate surface area is 167 Å². The van der Waals surface area contributed by atoms with Gasteiger partial charge in [0.05, 0.1) is 7.11 Å². The molecule has 0 saturated carbocycles. The summed E-state index contributed by atoms with van der Waals surface area (Å²) >= 11 is 0. The highest BCUT2D eigenvalue weighted by molar-refractivity contribution is 5.45. The Hall–Kier alpha value is -2.08. The maximum absolute atomic E-state index is 10.4. The topological polar surface area (TPSA) is 56.8 Å². The smallest absolute Gasteiger partial charge is 0.162 e. The van der Waals surface area contributed by atoms with E-state index in [2.05, 4.69) is 46.9 Å². The number of nitrogens with one attached hydrogen (secondary N) is 2. The van der Waals surface area contributed by atoms with E-state index in [4.69, 9.17) is 4.74 Å². The van der Waals surface area contributed by atoms with E-state index in [0.29, 0.717) is 23.6 Å². The molecule has 0 aromatic heterocycles. The van der Waals surface area contributed by atoms with E-state index in [1.807, 2.05) is 12.1 Å². The highest BCUT2D eigenvalue weighted by Crippen LogP contribution is 2.35. The summed E-state index contributed by atoms with van der Waals surface area (Å²) in [7, 11) is 1.60. The Morgan fingerprint density at radius 3 is 2.86 bits per heavy atom. The maximum Gasteiger partial charge on any atom is 0.162 e. The van der Waals surface area contributed by atoms with E-state index in [1.54, 1.807) is 13.2 Å². The van der Waals surface area contributed by atoms with Crippen molar-refractivity contribution >= 4 is 0 Å². The van der Waals surface area contributed by atoms with Crippen LogP contribution in [0.15, 0.2) is 42.5 Å². The first-order chi connectivity index (χ1) is 13.7. The molecule has 2 aliphatic heterocycles. The van der Waals surface area contributed by atoms with Crippen LogP contribution < -0.4 is 15.6 Å². The van der Waals surface area contributed by atoms with Crippen molar-refractivity contribution in [3.05, 3.63) is 59.2 Å². The average Bonchev–Trinajstić information content (AvgIpc) is 3.20. The summed E-state index contributed by atoms with van der Waals surface area (Å²) in [5.74, 6) is 1.90. The summed E-state index contributed by atoms with van der Waals surface area (Å²) in [5, 5.41) is 10.4. The lowest BCUT2D eigenvalue weighted by molar-refractivity contribution is 0.138. The van der Waals surface area contributed by atoms with Crippen LogP contribution >= 0.6 is 0 Å². The number of benzene rings is 2. The number of piperidine rings is 1. The molecule has 0 aliphatic carbocycles. The number of likely N-dealkylation sites (tertiary alicyclic amines) is 1. The van der Waals surface area contributed by atoms with Crippen LogP contribution in [-0.2, 0) is 6.54 Å². The van der Waals surface area contributed by atoms with E-state index in [1.165, 1.54) is 24.0 Å². The summed E-state index contributed by atoms with van der Waals surface area (Å²) in [6.07, 6.45) is 2.43. The summed E-state index contributed by atoms with van der Waals surface area (Å²) in [6.45, 7) is 6.06. The Morgan fingerprint density at radius 1 is 1.18 bits per heavy atom. The number of ether oxygens (including phenoxy) is 1. The van der Waals surface area contributed by atoms with Crippen LogP contribution in [0.2, 0.25) is 0 Å². The summed E-state index contributed by atoms with van der Waals surface area (Å²) in [4.78, 5) is 2.47. The fourth-order valence-corrected chi connectivity index (χ4v) is 4.90. The zero-order valence-electron chi connectivity index (χ0n) is 16.8. The lowest BCUT2D eigenvalue weighted by atomic mass is 9.80. The van der Waals surface area contributed by atoms with Gasteiger partial charge < -0.3 is 9.84 Å². The van der Waals surface area contributed by atoms with Crippen molar-refractivity contribution in [2.24, 2.45) is 5.92 Å². The molecule has 0 bridgehead atoms. The van der Waals surface area contributed by atoms with E-state index in [9.17, 15) is 5.11 Å². The number of phenolic OH excluding ortho intramolecular Hbond substituents is 1. The first kappa shape index (κ1) is 19.2. The predicted octanol–water partition coefficient (Wildman–Crippen LogP) is 3.18. The minimum atomic E-state index is 0.269. The lowest BCUT2D eigenvalue weighted by Crippen LogP contribution is -2.46. The molecule has 4 rings (SSSR count). The van der Waals surface area contributed by atoms with E-state index >= 15 is 0 Å². The molecule has 150 valence electrons. The molecule has 2 fully saturated rings. The Morgan fingerprint density at radius 2 is 2.04 bits per heavy atom. The van der Waals surface area contributed by atoms with Crippen LogP contribution in [-0.4, -0.2) is 42.8 Å². The maximum atomic E-state index is 10.4. The van der Waals surface area contributed by atoms with Gasteiger partial charge in [0.2, 0.25) is 0 Å². The first-order valence-corrected chi connectivity index (χ1v) is 10.3. The number of hydrogen-bond donors (Lipinski definition) is 3. The highest BCUT2D eigenvalue weighted by atomic mass is 16.5. The third-order valence-corrected chi connectivity index (χ3v) is 6.36. The number of hydrogen-bond acceptors (Lipinski definition) is 5. The van der Waals surface area contributed by atoms with Crippen molar-refractivity contribution < 1.29 is 9.84 Å². The fraction of sp³-hybridized carbons (Fsp3) is 0.478. The second-order valence-corrected chi connectivity index (χ2v) is 8.12. The van der Waals surface area contributed by atoms with Crippen LogP contribution in [0.3, 0.4) is 0 Å². The number of hydrazine groups is 1. The molecular weight excluding hydrogens is 350 g/mol. The second kappa shape index (κ2) is 8.52. The molecule has 3 N–H and O–H groups in total. The number of methoxy groups -OCH3 is 1. The van der Waals surface area contributed by atoms with Gasteiger partial charge in [-0.25, -0.2) is 0 Å². The normalized spacial score (nSPS) is 25.7. The molecule has 2 aromatic rings. The number of phenols is 1. The van der Waals surface area contributed by atoms with Gasteiger partial charge in [-0.15, -0.1) is 0 Å². The number of aryl methyl sites for hydroxylation is 1. The Kier molecular flexibility index (Phi) is 5.85. The molecule has 28 heavy (non-hydrogen) atoms. The summed E-state index contributed by atoms with van der Waals surface area (Å²) in [6, 6.07) is 14.9. The van der Waals surface area contributed by atoms with Crippen molar-refractivity contribution in [3.63, 3.8) is 0 Å². The number of rotatable bonds is 5. The third kappa shape index (κ3) is 3.88. The van der Waals surface area contributed by atoms with Gasteiger partial charge >= 0.3 is 0 Å². The Bertz CT molecular complexity index is 810. The van der Waals surface area contributed by atoms with Crippen molar-refractivity contribution in [2.45, 2.75) is 38.3 Å². The van der Waals surface area contributed by atoms with Crippen molar-refractivity contribution in [1.29, 1.82) is 0 Å². The number of para-hydroxylation sites is 1. The SMILES string of the molecule is COc1cccc(CN2CCCC(C3NNCC3c3ccccc3C)C2)c1O. The molecule has 3 atom stereocenters. The highest BCUT2D eigenvalue weighted by Gasteiger charge is 2.37. The molecule has 0 amide bonds. The molecule has 2 saturated heterocycles. The van der Waals surface area contributed by atoms with Gasteiger partial charge in [0, 0.05) is 37.2 Å². The van der Waals surface area contributed by atoms with Crippen LogP contribution in [0.5, 0.6) is 11.5 Å². The monoisotopic (exact) mass is 381 g/mol. The molecule has 5 nitrogen and oxygen atoms in total. The average molecular weight is 382 g/mol. The van der Waals surface area contributed by atoms with Crippen LogP contribution in [0.4, 0.5) is 0 Å². The van der Waals surface area contributed by atoms with Crippen LogP contribution in [0, 0.1) is 12.8 Å². The van der Waals surface area contributed by atoms with Gasteiger partial charge in [-0.1, -0.05) is 36.4 Å². The van der Waals surface area contributed by atoms with Crippen LogP contribution in [0.25, 0.3) is 0 Å². The van der Waals surface area contributed by atoms with Gasteiger partial charge in [-0.3, -0.25) is 15.8 Å². The number of nitrogens with zero attached hydrogens (tertiary/aromatic N) is 1. The van der Waals surface area contributed by atoms with Crippen molar-refractivity contribution in [2.75, 3.05) is 26.7 Å². The molecule has 2 heterocycles. The van der Waals surface area contributed by atoms with E-state index in [-0.39, 0.29) is 5.75 Å². The largest absolute Gasteiger partial charge is 0.504 e. The third-order valence-electron chi connectivity index (χ3n) is 6.36. The Balaban J connectivity index is 1.47. The standard InChI is InChI=1S/C23H31N3O2/c1-16-7-3-4-10-19(16)20-13-24-25-22(20)17-9-6-12-26(14-17)15-18-8-5-11-21(28-2)23(18)27/h3-5,7-8,10-11,17,20,22,24-25,27H,6,9,12-15H2,1-2H3. The van der Waals surface area contributed by atoms with Gasteiger partial charge in [0.1, 0.15) is 0 Å². The molecule has 0 radical (unpaired) electrons. The molecule has 5 heteroatoms. The quantitative estimate of drug-likeness (QED) is 0.743. The molecule has 2 aromatic carbocycles. The summed E-state index contributed by atoms with van der Waals surface area (Å²) < 4.78 is 5.26. The predicted molar refractivity (Wildman–Crippen MR) is 112 cm³/mol. The minimum Gasteiger partial charge on any atom is -0.504 e. The molecule has 3 unspecified atom stereocenters.